The number of carbonyl (C=O) groups excluding carboxylic acids is 1. The normalized spacial score (nSPS) is 18.3. The molecule has 0 aromatic carbocycles. The zero-order valence-electron chi connectivity index (χ0n) is 10.4. The maximum atomic E-state index is 11.6. The third-order valence-electron chi connectivity index (χ3n) is 3.56. The van der Waals surface area contributed by atoms with Crippen LogP contribution < -0.4 is 0 Å². The molecule has 0 unspecified atom stereocenters. The first-order valence-corrected chi connectivity index (χ1v) is 6.70. The van der Waals surface area contributed by atoms with E-state index in [1.165, 1.54) is 32.1 Å². The molecule has 0 aromatic rings. The number of carbonyl (C=O) groups is 1. The molecule has 0 aliphatic heterocycles. The van der Waals surface area contributed by atoms with E-state index in [1.807, 2.05) is 0 Å². The van der Waals surface area contributed by atoms with E-state index in [2.05, 4.69) is 13.8 Å². The van der Waals surface area contributed by atoms with Crippen LogP contribution >= 0.6 is 0 Å². The topological polar surface area (TPSA) is 17.1 Å². The first-order valence-electron chi connectivity index (χ1n) is 6.70. The molecule has 0 spiro atoms. The maximum Gasteiger partial charge on any atom is 0.132 e. The van der Waals surface area contributed by atoms with Gasteiger partial charge in [0.25, 0.3) is 0 Å². The Morgan fingerprint density at radius 1 is 1.13 bits per heavy atom. The van der Waals surface area contributed by atoms with E-state index in [1.54, 1.807) is 0 Å². The molecule has 0 N–H and O–H groups in total. The minimum Gasteiger partial charge on any atom is -0.300 e. The predicted molar refractivity (Wildman–Crippen MR) is 64.9 cm³/mol. The zero-order valence-corrected chi connectivity index (χ0v) is 10.4. The second kappa shape index (κ2) is 7.03. The molecule has 1 fully saturated rings. The molecular formula is C14H26O. The fourth-order valence-electron chi connectivity index (χ4n) is 2.42. The average molecular weight is 210 g/mol. The van der Waals surface area contributed by atoms with Crippen molar-refractivity contribution in [2.75, 3.05) is 0 Å². The quantitative estimate of drug-likeness (QED) is 0.637. The molecule has 1 aliphatic carbocycles. The molecule has 15 heavy (non-hydrogen) atoms. The van der Waals surface area contributed by atoms with Gasteiger partial charge in [0.05, 0.1) is 0 Å². The molecule has 0 atom stereocenters. The minimum atomic E-state index is 0.495. The van der Waals surface area contributed by atoms with Gasteiger partial charge in [-0.1, -0.05) is 46.0 Å². The summed E-state index contributed by atoms with van der Waals surface area (Å²) in [5.74, 6) is 2.03. The Bertz CT molecular complexity index is 178. The van der Waals surface area contributed by atoms with Gasteiger partial charge in [-0.15, -0.1) is 0 Å². The van der Waals surface area contributed by atoms with Crippen molar-refractivity contribution in [2.24, 2.45) is 11.8 Å². The van der Waals surface area contributed by atoms with Gasteiger partial charge in [-0.25, -0.2) is 0 Å². The Morgan fingerprint density at radius 2 is 1.80 bits per heavy atom. The standard InChI is InChI=1S/C14H26O/c1-12(2)8-10-14(15)11-9-13-6-4-3-5-7-13/h12-13H,3-11H2,1-2H3. The van der Waals surface area contributed by atoms with Gasteiger partial charge in [-0.3, -0.25) is 4.79 Å². The highest BCUT2D eigenvalue weighted by molar-refractivity contribution is 5.78. The van der Waals surface area contributed by atoms with Crippen LogP contribution in [0.25, 0.3) is 0 Å². The number of rotatable bonds is 6. The van der Waals surface area contributed by atoms with Crippen molar-refractivity contribution >= 4 is 5.78 Å². The molecule has 1 aliphatic rings. The number of Topliss-reactive ketones (excluding diaryl/α,β-unsaturated/α-hetero) is 1. The van der Waals surface area contributed by atoms with E-state index in [4.69, 9.17) is 0 Å². The van der Waals surface area contributed by atoms with E-state index in [-0.39, 0.29) is 0 Å². The summed E-state index contributed by atoms with van der Waals surface area (Å²) in [5, 5.41) is 0. The largest absolute Gasteiger partial charge is 0.300 e. The van der Waals surface area contributed by atoms with Crippen LogP contribution in [-0.4, -0.2) is 5.78 Å². The highest BCUT2D eigenvalue weighted by Crippen LogP contribution is 2.27. The smallest absolute Gasteiger partial charge is 0.132 e. The highest BCUT2D eigenvalue weighted by atomic mass is 16.1. The number of hydrogen-bond acceptors (Lipinski definition) is 1. The second-order valence-electron chi connectivity index (χ2n) is 5.51. The molecule has 0 heterocycles. The monoisotopic (exact) mass is 210 g/mol. The predicted octanol–water partition coefficient (Wildman–Crippen LogP) is 4.35. The van der Waals surface area contributed by atoms with Crippen molar-refractivity contribution < 1.29 is 4.79 Å². The van der Waals surface area contributed by atoms with Gasteiger partial charge in [0.1, 0.15) is 5.78 Å². The SMILES string of the molecule is CC(C)CCC(=O)CCC1CCCCC1. The number of hydrogen-bond donors (Lipinski definition) is 0. The zero-order chi connectivity index (χ0) is 11.1. The van der Waals surface area contributed by atoms with Gasteiger partial charge in [0.15, 0.2) is 0 Å². The Hall–Kier alpha value is -0.330. The molecule has 1 heteroatoms. The van der Waals surface area contributed by atoms with E-state index in [0.717, 1.165) is 31.6 Å². The lowest BCUT2D eigenvalue weighted by Crippen LogP contribution is -2.09. The van der Waals surface area contributed by atoms with Crippen molar-refractivity contribution in [1.29, 1.82) is 0 Å². The van der Waals surface area contributed by atoms with Gasteiger partial charge in [0, 0.05) is 12.8 Å². The first kappa shape index (κ1) is 12.7. The molecule has 0 saturated heterocycles. The Kier molecular flexibility index (Phi) is 5.97. The molecule has 88 valence electrons. The summed E-state index contributed by atoms with van der Waals surface area (Å²) >= 11 is 0. The molecule has 1 rings (SSSR count). The summed E-state index contributed by atoms with van der Waals surface area (Å²) in [6, 6.07) is 0. The van der Waals surface area contributed by atoms with Crippen LogP contribution in [0, 0.1) is 11.8 Å². The van der Waals surface area contributed by atoms with Crippen molar-refractivity contribution in [3.8, 4) is 0 Å². The Morgan fingerprint density at radius 3 is 2.40 bits per heavy atom. The van der Waals surface area contributed by atoms with Gasteiger partial charge >= 0.3 is 0 Å². The van der Waals surface area contributed by atoms with Gasteiger partial charge in [-0.05, 0) is 24.7 Å². The van der Waals surface area contributed by atoms with Gasteiger partial charge in [0.2, 0.25) is 0 Å². The maximum absolute atomic E-state index is 11.6. The average Bonchev–Trinajstić information content (AvgIpc) is 2.25. The Balaban J connectivity index is 2.05. The summed E-state index contributed by atoms with van der Waals surface area (Å²) in [6.45, 7) is 4.38. The fraction of sp³-hybridized carbons (Fsp3) is 0.929. The molecule has 0 amide bonds. The third kappa shape index (κ3) is 5.96. The summed E-state index contributed by atoms with van der Waals surface area (Å²) in [5.41, 5.74) is 0. The molecule has 0 bridgehead atoms. The van der Waals surface area contributed by atoms with Crippen LogP contribution in [0.1, 0.15) is 71.6 Å². The molecule has 1 nitrogen and oxygen atoms in total. The molecule has 0 aromatic heterocycles. The van der Waals surface area contributed by atoms with Crippen LogP contribution in [0.4, 0.5) is 0 Å². The van der Waals surface area contributed by atoms with Crippen LogP contribution in [0.2, 0.25) is 0 Å². The van der Waals surface area contributed by atoms with Crippen molar-refractivity contribution in [3.63, 3.8) is 0 Å². The second-order valence-corrected chi connectivity index (χ2v) is 5.51. The van der Waals surface area contributed by atoms with Gasteiger partial charge < -0.3 is 0 Å². The van der Waals surface area contributed by atoms with Gasteiger partial charge in [-0.2, -0.15) is 0 Å². The lowest BCUT2D eigenvalue weighted by molar-refractivity contribution is -0.119. The Labute approximate surface area is 94.6 Å². The molecule has 1 saturated carbocycles. The van der Waals surface area contributed by atoms with E-state index in [0.29, 0.717) is 11.7 Å². The summed E-state index contributed by atoms with van der Waals surface area (Å²) in [6.07, 6.45) is 10.8. The van der Waals surface area contributed by atoms with Crippen LogP contribution in [0.15, 0.2) is 0 Å². The summed E-state index contributed by atoms with van der Waals surface area (Å²) < 4.78 is 0. The minimum absolute atomic E-state index is 0.495. The highest BCUT2D eigenvalue weighted by Gasteiger charge is 2.14. The van der Waals surface area contributed by atoms with Crippen molar-refractivity contribution in [1.82, 2.24) is 0 Å². The lowest BCUT2D eigenvalue weighted by Gasteiger charge is -2.20. The van der Waals surface area contributed by atoms with Crippen LogP contribution in [0.5, 0.6) is 0 Å². The summed E-state index contributed by atoms with van der Waals surface area (Å²) in [7, 11) is 0. The fourth-order valence-corrected chi connectivity index (χ4v) is 2.42. The lowest BCUT2D eigenvalue weighted by atomic mass is 9.85. The van der Waals surface area contributed by atoms with Crippen molar-refractivity contribution in [3.05, 3.63) is 0 Å². The van der Waals surface area contributed by atoms with Crippen molar-refractivity contribution in [2.45, 2.75) is 71.6 Å². The van der Waals surface area contributed by atoms with Crippen LogP contribution in [-0.2, 0) is 4.79 Å². The third-order valence-corrected chi connectivity index (χ3v) is 3.56. The molecular weight excluding hydrogens is 184 g/mol. The van der Waals surface area contributed by atoms with E-state index in [9.17, 15) is 4.79 Å². The first-order chi connectivity index (χ1) is 7.18. The van der Waals surface area contributed by atoms with E-state index >= 15 is 0 Å². The summed E-state index contributed by atoms with van der Waals surface area (Å²) in [4.78, 5) is 11.6. The number of ketones is 1. The van der Waals surface area contributed by atoms with E-state index < -0.39 is 0 Å². The van der Waals surface area contributed by atoms with Crippen LogP contribution in [0.3, 0.4) is 0 Å². The molecule has 0 radical (unpaired) electrons.